The zero-order chi connectivity index (χ0) is 12.6. The van der Waals surface area contributed by atoms with Gasteiger partial charge in [-0.25, -0.2) is 0 Å². The van der Waals surface area contributed by atoms with Gasteiger partial charge in [0.1, 0.15) is 18.9 Å². The van der Waals surface area contributed by atoms with Crippen LogP contribution in [0.1, 0.15) is 12.8 Å². The van der Waals surface area contributed by atoms with Crippen molar-refractivity contribution >= 4 is 17.7 Å². The molecular formula is C11H14O5. The monoisotopic (exact) mass is 226 g/mol. The number of carbonyl (C=O) groups is 3. The van der Waals surface area contributed by atoms with Crippen molar-refractivity contribution < 1.29 is 24.2 Å². The zero-order valence-corrected chi connectivity index (χ0v) is 8.85. The lowest BCUT2D eigenvalue weighted by Gasteiger charge is -2.11. The molecule has 5 nitrogen and oxygen atoms in total. The normalized spacial score (nSPS) is 11.2. The molecule has 0 fully saturated rings. The number of Topliss-reactive ketones (excluding diaryl/α,β-unsaturated/α-hetero) is 1. The summed E-state index contributed by atoms with van der Waals surface area (Å²) in [5.41, 5.74) is 0. The molecule has 0 aliphatic heterocycles. The first-order valence-corrected chi connectivity index (χ1v) is 4.65. The first-order valence-electron chi connectivity index (χ1n) is 4.65. The fraction of sp³-hybridized carbons (Fsp3) is 0.364. The van der Waals surface area contributed by atoms with Crippen LogP contribution < -0.4 is 0 Å². The van der Waals surface area contributed by atoms with Crippen LogP contribution in [0.4, 0.5) is 0 Å². The van der Waals surface area contributed by atoms with Crippen molar-refractivity contribution in [1.29, 1.82) is 0 Å². The van der Waals surface area contributed by atoms with Crippen LogP contribution in [-0.2, 0) is 19.1 Å². The average Bonchev–Trinajstić information content (AvgIpc) is 2.21. The molecule has 0 rings (SSSR count). The van der Waals surface area contributed by atoms with Crippen LogP contribution >= 0.6 is 0 Å². The molecule has 0 aromatic rings. The number of ether oxygens (including phenoxy) is 1. The molecular weight excluding hydrogens is 212 g/mol. The highest BCUT2D eigenvalue weighted by Crippen LogP contribution is 2.10. The van der Waals surface area contributed by atoms with Crippen LogP contribution in [0.2, 0.25) is 0 Å². The van der Waals surface area contributed by atoms with E-state index in [9.17, 15) is 14.4 Å². The van der Waals surface area contributed by atoms with Gasteiger partial charge in [-0.2, -0.15) is 0 Å². The number of aliphatic carboxylic acids is 1. The minimum absolute atomic E-state index is 0.00712. The van der Waals surface area contributed by atoms with E-state index in [1.807, 2.05) is 0 Å². The Morgan fingerprint density at radius 2 is 1.88 bits per heavy atom. The summed E-state index contributed by atoms with van der Waals surface area (Å²) in [5, 5.41) is 8.44. The largest absolute Gasteiger partial charge is 0.481 e. The van der Waals surface area contributed by atoms with Crippen LogP contribution in [0, 0.1) is 5.92 Å². The van der Waals surface area contributed by atoms with Gasteiger partial charge in [-0.1, -0.05) is 18.7 Å². The number of allylic oxidation sites excluding steroid dienone is 1. The quantitative estimate of drug-likeness (QED) is 0.378. The number of carboxylic acids is 1. The van der Waals surface area contributed by atoms with Gasteiger partial charge in [-0.15, -0.1) is 6.58 Å². The Kier molecular flexibility index (Phi) is 6.51. The highest BCUT2D eigenvalue weighted by molar-refractivity contribution is 6.05. The molecule has 0 aliphatic carbocycles. The molecule has 0 aliphatic rings. The molecule has 1 unspecified atom stereocenters. The van der Waals surface area contributed by atoms with Gasteiger partial charge in [0.25, 0.3) is 0 Å². The van der Waals surface area contributed by atoms with Crippen molar-refractivity contribution in [2.24, 2.45) is 5.92 Å². The number of ketones is 1. The maximum Gasteiger partial charge on any atom is 0.317 e. The van der Waals surface area contributed by atoms with Crippen LogP contribution in [0.25, 0.3) is 0 Å². The van der Waals surface area contributed by atoms with Crippen molar-refractivity contribution in [2.75, 3.05) is 6.61 Å². The summed E-state index contributed by atoms with van der Waals surface area (Å²) >= 11 is 0. The van der Waals surface area contributed by atoms with Crippen LogP contribution in [-0.4, -0.2) is 29.4 Å². The Bertz CT molecular complexity index is 305. The predicted octanol–water partition coefficient (Wildman–Crippen LogP) is 0.952. The molecule has 88 valence electrons. The molecule has 0 amide bonds. The summed E-state index contributed by atoms with van der Waals surface area (Å²) in [6.45, 7) is 6.74. The van der Waals surface area contributed by atoms with Crippen LogP contribution in [0.15, 0.2) is 25.3 Å². The minimum Gasteiger partial charge on any atom is -0.481 e. The Morgan fingerprint density at radius 3 is 2.31 bits per heavy atom. The van der Waals surface area contributed by atoms with E-state index >= 15 is 0 Å². The lowest BCUT2D eigenvalue weighted by molar-refractivity contribution is -0.151. The third kappa shape index (κ3) is 5.09. The lowest BCUT2D eigenvalue weighted by atomic mass is 9.98. The van der Waals surface area contributed by atoms with E-state index < -0.39 is 30.1 Å². The molecule has 1 atom stereocenters. The smallest absolute Gasteiger partial charge is 0.317 e. The lowest BCUT2D eigenvalue weighted by Crippen LogP contribution is -2.27. The standard InChI is InChI=1S/C11H14O5/c1-3-5-8(9(12)7-10(13)14)11(15)16-6-4-2/h3-4,8H,1-2,5-7H2,(H,13,14). The number of carboxylic acid groups (broad SMARTS) is 1. The van der Waals surface area contributed by atoms with Crippen molar-refractivity contribution in [2.45, 2.75) is 12.8 Å². The fourth-order valence-electron chi connectivity index (χ4n) is 1.04. The van der Waals surface area contributed by atoms with Gasteiger partial charge >= 0.3 is 11.9 Å². The van der Waals surface area contributed by atoms with E-state index in [0.717, 1.165) is 0 Å². The maximum atomic E-state index is 11.4. The van der Waals surface area contributed by atoms with E-state index in [2.05, 4.69) is 13.2 Å². The van der Waals surface area contributed by atoms with Crippen molar-refractivity contribution in [3.63, 3.8) is 0 Å². The van der Waals surface area contributed by atoms with E-state index in [-0.39, 0.29) is 13.0 Å². The van der Waals surface area contributed by atoms with E-state index in [1.54, 1.807) is 0 Å². The molecule has 0 aromatic heterocycles. The van der Waals surface area contributed by atoms with Crippen molar-refractivity contribution in [3.05, 3.63) is 25.3 Å². The Morgan fingerprint density at radius 1 is 1.25 bits per heavy atom. The van der Waals surface area contributed by atoms with Gasteiger partial charge in [0, 0.05) is 0 Å². The molecule has 0 bridgehead atoms. The second-order valence-electron chi connectivity index (χ2n) is 3.03. The first-order chi connectivity index (χ1) is 7.52. The minimum atomic E-state index is -1.27. The molecule has 0 radical (unpaired) electrons. The number of rotatable bonds is 8. The maximum absolute atomic E-state index is 11.4. The van der Waals surface area contributed by atoms with E-state index in [1.165, 1.54) is 12.2 Å². The van der Waals surface area contributed by atoms with E-state index in [4.69, 9.17) is 9.84 Å². The van der Waals surface area contributed by atoms with Gasteiger partial charge in [-0.05, 0) is 6.42 Å². The third-order valence-corrected chi connectivity index (χ3v) is 1.74. The number of hydrogen-bond acceptors (Lipinski definition) is 4. The van der Waals surface area contributed by atoms with Crippen LogP contribution in [0.3, 0.4) is 0 Å². The molecule has 1 N–H and O–H groups in total. The number of carbonyl (C=O) groups excluding carboxylic acids is 2. The highest BCUT2D eigenvalue weighted by Gasteiger charge is 2.27. The summed E-state index contributed by atoms with van der Waals surface area (Å²) < 4.78 is 4.69. The molecule has 0 aromatic carbocycles. The summed E-state index contributed by atoms with van der Waals surface area (Å²) in [4.78, 5) is 33.1. The second-order valence-corrected chi connectivity index (χ2v) is 3.03. The van der Waals surface area contributed by atoms with Crippen molar-refractivity contribution in [1.82, 2.24) is 0 Å². The fourth-order valence-corrected chi connectivity index (χ4v) is 1.04. The van der Waals surface area contributed by atoms with E-state index in [0.29, 0.717) is 0 Å². The summed E-state index contributed by atoms with van der Waals surface area (Å²) in [6.07, 6.45) is 2.12. The predicted molar refractivity (Wildman–Crippen MR) is 56.7 cm³/mol. The third-order valence-electron chi connectivity index (χ3n) is 1.74. The van der Waals surface area contributed by atoms with Crippen molar-refractivity contribution in [3.8, 4) is 0 Å². The molecule has 0 spiro atoms. The van der Waals surface area contributed by atoms with Gasteiger partial charge in [0.2, 0.25) is 0 Å². The van der Waals surface area contributed by atoms with Crippen LogP contribution in [0.5, 0.6) is 0 Å². The highest BCUT2D eigenvalue weighted by atomic mass is 16.5. The summed E-state index contributed by atoms with van der Waals surface area (Å²) in [5.74, 6) is -3.78. The molecule has 16 heavy (non-hydrogen) atoms. The summed E-state index contributed by atoms with van der Waals surface area (Å²) in [7, 11) is 0. The number of hydrogen-bond donors (Lipinski definition) is 1. The van der Waals surface area contributed by atoms with Gasteiger partial charge in [-0.3, -0.25) is 14.4 Å². The topological polar surface area (TPSA) is 80.7 Å². The molecule has 0 saturated carbocycles. The Hall–Kier alpha value is -1.91. The molecule has 0 saturated heterocycles. The Labute approximate surface area is 93.4 Å². The second kappa shape index (κ2) is 7.39. The molecule has 0 heterocycles. The Balaban J connectivity index is 4.51. The molecule has 5 heteroatoms. The SMILES string of the molecule is C=CCOC(=O)C(CC=C)C(=O)CC(=O)O. The average molecular weight is 226 g/mol. The number of esters is 1. The van der Waals surface area contributed by atoms with Gasteiger partial charge in [0.05, 0.1) is 0 Å². The first kappa shape index (κ1) is 14.1. The zero-order valence-electron chi connectivity index (χ0n) is 8.85. The van der Waals surface area contributed by atoms with Gasteiger partial charge in [0.15, 0.2) is 5.78 Å². The van der Waals surface area contributed by atoms with Gasteiger partial charge < -0.3 is 9.84 Å². The summed E-state index contributed by atoms with van der Waals surface area (Å²) in [6, 6.07) is 0.